The molecule has 1 aromatic rings. The zero-order valence-corrected chi connectivity index (χ0v) is 12.3. The van der Waals surface area contributed by atoms with Crippen LogP contribution in [0.25, 0.3) is 6.08 Å². The lowest BCUT2D eigenvalue weighted by Crippen LogP contribution is -2.39. The summed E-state index contributed by atoms with van der Waals surface area (Å²) in [5.74, 6) is 4.01. The lowest BCUT2D eigenvalue weighted by Gasteiger charge is -2.28. The van der Waals surface area contributed by atoms with Gasteiger partial charge in [0, 0.05) is 12.1 Å². The van der Waals surface area contributed by atoms with Gasteiger partial charge in [-0.25, -0.2) is 0 Å². The number of aryl methyl sites for hydroxylation is 1. The van der Waals surface area contributed by atoms with Crippen LogP contribution in [0.4, 0.5) is 0 Å². The molecular weight excluding hydrogens is 250 g/mol. The van der Waals surface area contributed by atoms with Crippen molar-refractivity contribution in [2.24, 2.45) is 17.8 Å². The minimum absolute atomic E-state index is 0.0191. The number of amides is 1. The molecule has 2 saturated carbocycles. The molecule has 0 spiro atoms. The van der Waals surface area contributed by atoms with Crippen molar-refractivity contribution < 1.29 is 9.21 Å². The SMILES string of the molecule is Cc1ccc(/C=C/C(=O)N[C@@H](C)[C@H]2C[C@H]3CC[C@H]2C3)o1. The third-order valence-electron chi connectivity index (χ3n) is 4.97. The molecule has 1 amide bonds. The zero-order chi connectivity index (χ0) is 14.1. The van der Waals surface area contributed by atoms with Crippen molar-refractivity contribution in [3.8, 4) is 0 Å². The van der Waals surface area contributed by atoms with E-state index in [4.69, 9.17) is 4.42 Å². The maximum Gasteiger partial charge on any atom is 0.244 e. The minimum Gasteiger partial charge on any atom is -0.462 e. The first-order valence-electron chi connectivity index (χ1n) is 7.67. The largest absolute Gasteiger partial charge is 0.462 e. The van der Waals surface area contributed by atoms with Crippen LogP contribution in [0.1, 0.15) is 44.1 Å². The van der Waals surface area contributed by atoms with Gasteiger partial charge in [-0.3, -0.25) is 4.79 Å². The molecule has 3 heteroatoms. The van der Waals surface area contributed by atoms with Gasteiger partial charge in [0.05, 0.1) is 0 Å². The van der Waals surface area contributed by atoms with Gasteiger partial charge in [-0.15, -0.1) is 0 Å². The van der Waals surface area contributed by atoms with E-state index in [1.807, 2.05) is 19.1 Å². The molecule has 2 bridgehead atoms. The van der Waals surface area contributed by atoms with Crippen LogP contribution < -0.4 is 5.32 Å². The Morgan fingerprint density at radius 1 is 1.40 bits per heavy atom. The molecule has 0 saturated heterocycles. The molecule has 3 rings (SSSR count). The number of hydrogen-bond acceptors (Lipinski definition) is 2. The standard InChI is InChI=1S/C17H23NO2/c1-11-3-6-15(20-11)7-8-17(19)18-12(2)16-10-13-4-5-14(16)9-13/h3,6-8,12-14,16H,4-5,9-10H2,1-2H3,(H,18,19)/b8-7+/t12-,13-,14-,16+/m0/s1. The number of fused-ring (bicyclic) bond motifs is 2. The van der Waals surface area contributed by atoms with E-state index in [1.165, 1.54) is 25.7 Å². The summed E-state index contributed by atoms with van der Waals surface area (Å²) in [4.78, 5) is 12.0. The molecule has 20 heavy (non-hydrogen) atoms. The van der Waals surface area contributed by atoms with Crippen molar-refractivity contribution in [3.05, 3.63) is 29.7 Å². The van der Waals surface area contributed by atoms with Crippen molar-refractivity contribution in [1.29, 1.82) is 0 Å². The minimum atomic E-state index is -0.0191. The van der Waals surface area contributed by atoms with Crippen LogP contribution in [0.3, 0.4) is 0 Å². The van der Waals surface area contributed by atoms with E-state index in [-0.39, 0.29) is 11.9 Å². The van der Waals surface area contributed by atoms with Gasteiger partial charge in [0.2, 0.25) is 5.91 Å². The number of hydrogen-bond donors (Lipinski definition) is 1. The van der Waals surface area contributed by atoms with Gasteiger partial charge < -0.3 is 9.73 Å². The van der Waals surface area contributed by atoms with Crippen LogP contribution in [0.2, 0.25) is 0 Å². The van der Waals surface area contributed by atoms with E-state index in [0.29, 0.717) is 5.92 Å². The maximum absolute atomic E-state index is 12.0. The molecule has 4 atom stereocenters. The molecule has 0 aromatic carbocycles. The summed E-state index contributed by atoms with van der Waals surface area (Å²) in [6, 6.07) is 4.05. The molecule has 1 aromatic heterocycles. The smallest absolute Gasteiger partial charge is 0.244 e. The Balaban J connectivity index is 1.52. The molecule has 1 heterocycles. The molecule has 2 aliphatic carbocycles. The molecule has 0 unspecified atom stereocenters. The van der Waals surface area contributed by atoms with E-state index in [1.54, 1.807) is 12.2 Å². The average molecular weight is 273 g/mol. The third kappa shape index (κ3) is 2.82. The fourth-order valence-corrected chi connectivity index (χ4v) is 3.99. The van der Waals surface area contributed by atoms with E-state index in [2.05, 4.69) is 12.2 Å². The predicted molar refractivity (Wildman–Crippen MR) is 79.0 cm³/mol. The van der Waals surface area contributed by atoms with Crippen molar-refractivity contribution in [2.75, 3.05) is 0 Å². The van der Waals surface area contributed by atoms with Crippen molar-refractivity contribution in [2.45, 2.75) is 45.6 Å². The highest BCUT2D eigenvalue weighted by Crippen LogP contribution is 2.49. The first-order chi connectivity index (χ1) is 9.61. The van der Waals surface area contributed by atoms with E-state index >= 15 is 0 Å². The highest BCUT2D eigenvalue weighted by molar-refractivity contribution is 5.91. The van der Waals surface area contributed by atoms with Crippen LogP contribution in [0.15, 0.2) is 22.6 Å². The van der Waals surface area contributed by atoms with Gasteiger partial charge in [-0.05, 0) is 69.1 Å². The molecule has 1 N–H and O–H groups in total. The second-order valence-electron chi connectivity index (χ2n) is 6.42. The third-order valence-corrected chi connectivity index (χ3v) is 4.97. The summed E-state index contributed by atoms with van der Waals surface area (Å²) in [5, 5.41) is 3.12. The van der Waals surface area contributed by atoms with Crippen LogP contribution in [0.5, 0.6) is 0 Å². The summed E-state index contributed by atoms with van der Waals surface area (Å²) < 4.78 is 5.41. The van der Waals surface area contributed by atoms with Crippen LogP contribution in [0, 0.1) is 24.7 Å². The van der Waals surface area contributed by atoms with E-state index in [9.17, 15) is 4.79 Å². The van der Waals surface area contributed by atoms with Gasteiger partial charge in [-0.1, -0.05) is 6.42 Å². The fourth-order valence-electron chi connectivity index (χ4n) is 3.99. The summed E-state index contributed by atoms with van der Waals surface area (Å²) in [7, 11) is 0. The van der Waals surface area contributed by atoms with Gasteiger partial charge in [0.25, 0.3) is 0 Å². The Morgan fingerprint density at radius 2 is 2.25 bits per heavy atom. The normalized spacial score (nSPS) is 30.0. The predicted octanol–water partition coefficient (Wildman–Crippen LogP) is 3.54. The van der Waals surface area contributed by atoms with Gasteiger partial charge in [-0.2, -0.15) is 0 Å². The van der Waals surface area contributed by atoms with Crippen molar-refractivity contribution in [1.82, 2.24) is 5.32 Å². The molecule has 0 aliphatic heterocycles. The Labute approximate surface area is 120 Å². The van der Waals surface area contributed by atoms with E-state index in [0.717, 1.165) is 23.4 Å². The Morgan fingerprint density at radius 3 is 2.85 bits per heavy atom. The summed E-state index contributed by atoms with van der Waals surface area (Å²) in [5.41, 5.74) is 0. The molecule has 3 nitrogen and oxygen atoms in total. The second-order valence-corrected chi connectivity index (χ2v) is 6.42. The summed E-state index contributed by atoms with van der Waals surface area (Å²) in [6.45, 7) is 4.04. The Kier molecular flexibility index (Phi) is 3.68. The van der Waals surface area contributed by atoms with Crippen LogP contribution in [-0.4, -0.2) is 11.9 Å². The quantitative estimate of drug-likeness (QED) is 0.853. The topological polar surface area (TPSA) is 42.2 Å². The lowest BCUT2D eigenvalue weighted by molar-refractivity contribution is -0.117. The molecule has 2 aliphatic rings. The van der Waals surface area contributed by atoms with Crippen molar-refractivity contribution >= 4 is 12.0 Å². The van der Waals surface area contributed by atoms with Gasteiger partial charge in [0.1, 0.15) is 11.5 Å². The lowest BCUT2D eigenvalue weighted by atomic mass is 9.84. The summed E-state index contributed by atoms with van der Waals surface area (Å²) in [6.07, 6.45) is 8.74. The Hall–Kier alpha value is -1.51. The highest BCUT2D eigenvalue weighted by atomic mass is 16.3. The number of rotatable bonds is 4. The zero-order valence-electron chi connectivity index (χ0n) is 12.3. The first kappa shape index (κ1) is 13.5. The fraction of sp³-hybridized carbons (Fsp3) is 0.588. The number of furan rings is 1. The maximum atomic E-state index is 12.0. The van der Waals surface area contributed by atoms with Gasteiger partial charge in [0.15, 0.2) is 0 Å². The molecule has 0 radical (unpaired) electrons. The monoisotopic (exact) mass is 273 g/mol. The molecule has 108 valence electrons. The molecular formula is C17H23NO2. The van der Waals surface area contributed by atoms with Gasteiger partial charge >= 0.3 is 0 Å². The Bertz CT molecular complexity index is 517. The number of carbonyl (C=O) groups excluding carboxylic acids is 1. The highest BCUT2D eigenvalue weighted by Gasteiger charge is 2.41. The van der Waals surface area contributed by atoms with Crippen LogP contribution in [-0.2, 0) is 4.79 Å². The second kappa shape index (κ2) is 5.47. The average Bonchev–Trinajstić information content (AvgIpc) is 3.12. The molecule has 2 fully saturated rings. The number of carbonyl (C=O) groups is 1. The summed E-state index contributed by atoms with van der Waals surface area (Å²) >= 11 is 0. The first-order valence-corrected chi connectivity index (χ1v) is 7.67. The van der Waals surface area contributed by atoms with Crippen molar-refractivity contribution in [3.63, 3.8) is 0 Å². The number of nitrogens with one attached hydrogen (secondary N) is 1. The van der Waals surface area contributed by atoms with E-state index < -0.39 is 0 Å². The van der Waals surface area contributed by atoms with Crippen LogP contribution >= 0.6 is 0 Å².